The van der Waals surface area contributed by atoms with Crippen molar-refractivity contribution in [2.45, 2.75) is 33.8 Å². The van der Waals surface area contributed by atoms with Crippen LogP contribution in [0.4, 0.5) is 10.1 Å². The number of anilines is 1. The van der Waals surface area contributed by atoms with E-state index in [9.17, 15) is 14.0 Å². The molecule has 0 bridgehead atoms. The molecule has 2 aromatic heterocycles. The number of rotatable bonds is 15. The second kappa shape index (κ2) is 16.1. The molecule has 11 heteroatoms. The van der Waals surface area contributed by atoms with E-state index in [2.05, 4.69) is 53.0 Å². The van der Waals surface area contributed by atoms with Gasteiger partial charge in [-0.2, -0.15) is 5.10 Å². The van der Waals surface area contributed by atoms with E-state index in [4.69, 9.17) is 18.6 Å². The van der Waals surface area contributed by atoms with E-state index >= 15 is 0 Å². The Labute approximate surface area is 283 Å². The Balaban J connectivity index is 1.18. The highest BCUT2D eigenvalue weighted by Gasteiger charge is 2.16. The molecule has 0 aliphatic carbocycles. The van der Waals surface area contributed by atoms with E-state index in [1.807, 2.05) is 31.2 Å². The summed E-state index contributed by atoms with van der Waals surface area (Å²) in [5.74, 6) is 0.641. The third-order valence-corrected chi connectivity index (χ3v) is 7.31. The zero-order valence-corrected chi connectivity index (χ0v) is 27.5. The van der Waals surface area contributed by atoms with Gasteiger partial charge in [0.1, 0.15) is 23.9 Å². The highest BCUT2D eigenvalue weighted by atomic mass is 19.1. The van der Waals surface area contributed by atoms with Crippen LogP contribution in [-0.4, -0.2) is 35.8 Å². The molecule has 5 aromatic rings. The van der Waals surface area contributed by atoms with Crippen LogP contribution in [0.5, 0.6) is 17.2 Å². The molecular weight excluding hydrogens is 627 g/mol. The zero-order chi connectivity index (χ0) is 34.8. The van der Waals surface area contributed by atoms with Gasteiger partial charge < -0.3 is 28.5 Å². The van der Waals surface area contributed by atoms with Crippen molar-refractivity contribution in [3.05, 3.63) is 137 Å². The molecule has 0 unspecified atom stereocenters. The van der Waals surface area contributed by atoms with Gasteiger partial charge in [-0.1, -0.05) is 6.08 Å². The zero-order valence-electron chi connectivity index (χ0n) is 27.5. The molecule has 0 fully saturated rings. The quantitative estimate of drug-likeness (QED) is 0.0689. The topological polar surface area (TPSA) is 116 Å². The Morgan fingerprint density at radius 3 is 2.37 bits per heavy atom. The van der Waals surface area contributed by atoms with Gasteiger partial charge in [-0.05, 0) is 118 Å². The minimum absolute atomic E-state index is 0.0784. The smallest absolute Gasteiger partial charge is 0.307 e. The maximum atomic E-state index is 13.2. The number of carbonyl (C=O) groups excluding carboxylic acids is 2. The number of hydrogen-bond donors (Lipinski definition) is 2. The van der Waals surface area contributed by atoms with Crippen LogP contribution in [0, 0.1) is 19.7 Å². The van der Waals surface area contributed by atoms with Crippen LogP contribution in [0.3, 0.4) is 0 Å². The van der Waals surface area contributed by atoms with Crippen molar-refractivity contribution in [1.29, 1.82) is 0 Å². The van der Waals surface area contributed by atoms with Crippen molar-refractivity contribution < 1.29 is 32.6 Å². The first kappa shape index (κ1) is 34.2. The van der Waals surface area contributed by atoms with Crippen LogP contribution in [0.25, 0.3) is 5.69 Å². The van der Waals surface area contributed by atoms with Crippen molar-refractivity contribution in [1.82, 2.24) is 9.99 Å². The minimum atomic E-state index is -0.534. The lowest BCUT2D eigenvalue weighted by Gasteiger charge is -2.16. The predicted molar refractivity (Wildman–Crippen MR) is 185 cm³/mol. The molecule has 0 spiro atoms. The number of allylic oxidation sites excluding steroid dienone is 1. The van der Waals surface area contributed by atoms with Gasteiger partial charge >= 0.3 is 5.91 Å². The maximum absolute atomic E-state index is 13.2. The average Bonchev–Trinajstić information content (AvgIpc) is 3.71. The molecule has 0 radical (unpaired) electrons. The predicted octanol–water partition coefficient (Wildman–Crippen LogP) is 7.31. The van der Waals surface area contributed by atoms with Gasteiger partial charge in [-0.25, -0.2) is 9.82 Å². The number of nitrogens with zero attached hydrogens (tertiary/aromatic N) is 2. The second-order valence-corrected chi connectivity index (χ2v) is 11.0. The van der Waals surface area contributed by atoms with Crippen LogP contribution in [0.1, 0.15) is 45.8 Å². The van der Waals surface area contributed by atoms with Crippen LogP contribution < -0.4 is 25.0 Å². The highest BCUT2D eigenvalue weighted by Crippen LogP contribution is 2.34. The third-order valence-electron chi connectivity index (χ3n) is 7.31. The first-order valence-corrected chi connectivity index (χ1v) is 15.6. The number of amides is 2. The average molecular weight is 665 g/mol. The fourth-order valence-electron chi connectivity index (χ4n) is 5.08. The molecule has 0 aliphatic heterocycles. The molecule has 0 aliphatic rings. The first-order valence-electron chi connectivity index (χ1n) is 15.6. The van der Waals surface area contributed by atoms with Crippen LogP contribution >= 0.6 is 0 Å². The van der Waals surface area contributed by atoms with Crippen LogP contribution in [0.15, 0.2) is 107 Å². The minimum Gasteiger partial charge on any atom is -0.490 e. The van der Waals surface area contributed by atoms with Crippen molar-refractivity contribution in [3.8, 4) is 22.9 Å². The number of furan rings is 1. The number of halogens is 1. The number of aryl methyl sites for hydroxylation is 2. The normalized spacial score (nSPS) is 10.9. The molecule has 0 saturated carbocycles. The van der Waals surface area contributed by atoms with Crippen molar-refractivity contribution in [3.63, 3.8) is 0 Å². The molecule has 0 atom stereocenters. The van der Waals surface area contributed by atoms with Gasteiger partial charge in [-0.3, -0.25) is 9.59 Å². The first-order chi connectivity index (χ1) is 23.7. The summed E-state index contributed by atoms with van der Waals surface area (Å²) in [7, 11) is 0. The number of carbonyl (C=O) groups is 2. The number of aromatic nitrogens is 1. The van der Waals surface area contributed by atoms with E-state index in [1.165, 1.54) is 30.5 Å². The summed E-state index contributed by atoms with van der Waals surface area (Å²) in [6, 6.07) is 24.1. The standard InChI is InChI=1S/C38H37FN4O6/c1-5-7-28-20-27(21-35(46-6-2)37(28)48-24-36(44)41-30-12-10-29(39)11-13-30)22-40-42-38(45)34-19-18-33(49-34)23-47-32-16-14-31(15-17-32)43-25(3)8-9-26(43)4/h5,8-22H,1,6-7,23-24H2,2-4H3,(H,41,44)(H,42,45)/b40-22+. The van der Waals surface area contributed by atoms with Gasteiger partial charge in [0.25, 0.3) is 5.91 Å². The molecule has 49 heavy (non-hydrogen) atoms. The molecule has 2 N–H and O–H groups in total. The summed E-state index contributed by atoms with van der Waals surface area (Å²) >= 11 is 0. The second-order valence-electron chi connectivity index (χ2n) is 11.0. The van der Waals surface area contributed by atoms with E-state index in [0.717, 1.165) is 17.1 Å². The molecule has 252 valence electrons. The summed E-state index contributed by atoms with van der Waals surface area (Å²) < 4.78 is 38.6. The van der Waals surface area contributed by atoms with Crippen molar-refractivity contribution in [2.75, 3.05) is 18.5 Å². The highest BCUT2D eigenvalue weighted by molar-refractivity contribution is 5.93. The molecule has 3 aromatic carbocycles. The number of nitrogens with one attached hydrogen (secondary N) is 2. The van der Waals surface area contributed by atoms with Gasteiger partial charge in [-0.15, -0.1) is 6.58 Å². The van der Waals surface area contributed by atoms with Gasteiger partial charge in [0.2, 0.25) is 0 Å². The van der Waals surface area contributed by atoms with E-state index in [0.29, 0.717) is 52.9 Å². The fourth-order valence-corrected chi connectivity index (χ4v) is 5.08. The summed E-state index contributed by atoms with van der Waals surface area (Å²) in [5.41, 5.74) is 7.57. The summed E-state index contributed by atoms with van der Waals surface area (Å²) in [4.78, 5) is 25.2. The summed E-state index contributed by atoms with van der Waals surface area (Å²) in [5, 5.41) is 6.75. The number of benzene rings is 3. The van der Waals surface area contributed by atoms with E-state index in [1.54, 1.807) is 30.3 Å². The summed E-state index contributed by atoms with van der Waals surface area (Å²) in [6.45, 7) is 9.94. The lowest BCUT2D eigenvalue weighted by atomic mass is 10.1. The maximum Gasteiger partial charge on any atom is 0.307 e. The largest absolute Gasteiger partial charge is 0.490 e. The SMILES string of the molecule is C=CCc1cc(/C=N/NC(=O)c2ccc(COc3ccc(-n4c(C)ccc4C)cc3)o2)cc(OCC)c1OCC(=O)Nc1ccc(F)cc1. The lowest BCUT2D eigenvalue weighted by Crippen LogP contribution is -2.21. The van der Waals surface area contributed by atoms with E-state index in [-0.39, 0.29) is 19.0 Å². The molecule has 10 nitrogen and oxygen atoms in total. The number of hydrazone groups is 1. The van der Waals surface area contributed by atoms with Gasteiger partial charge in [0.05, 0.1) is 12.8 Å². The van der Waals surface area contributed by atoms with Crippen molar-refractivity contribution in [2.24, 2.45) is 5.10 Å². The Kier molecular flexibility index (Phi) is 11.3. The molecule has 2 amide bonds. The van der Waals surface area contributed by atoms with Crippen LogP contribution in [-0.2, 0) is 17.8 Å². The Hall–Kier alpha value is -6.10. The molecule has 2 heterocycles. The van der Waals surface area contributed by atoms with Crippen LogP contribution in [0.2, 0.25) is 0 Å². The number of hydrogen-bond acceptors (Lipinski definition) is 7. The van der Waals surface area contributed by atoms with Gasteiger partial charge in [0, 0.05) is 28.3 Å². The molecular formula is C38H37FN4O6. The van der Waals surface area contributed by atoms with E-state index < -0.39 is 17.6 Å². The van der Waals surface area contributed by atoms with Crippen molar-refractivity contribution >= 4 is 23.7 Å². The summed E-state index contributed by atoms with van der Waals surface area (Å²) in [6.07, 6.45) is 3.57. The van der Waals surface area contributed by atoms with Gasteiger partial charge in [0.15, 0.2) is 23.9 Å². The molecule has 0 saturated heterocycles. The third kappa shape index (κ3) is 9.04. The lowest BCUT2D eigenvalue weighted by molar-refractivity contribution is -0.118. The Bertz CT molecular complexity index is 1920. The molecule has 5 rings (SSSR count). The Morgan fingerprint density at radius 1 is 0.939 bits per heavy atom. The Morgan fingerprint density at radius 2 is 1.67 bits per heavy atom. The monoisotopic (exact) mass is 664 g/mol. The number of ether oxygens (including phenoxy) is 3. The fraction of sp³-hybridized carbons (Fsp3) is 0.184.